The molecule has 1 aromatic heterocycles. The van der Waals surface area contributed by atoms with Crippen molar-refractivity contribution >= 4 is 40.0 Å². The third-order valence-electron chi connectivity index (χ3n) is 2.61. The Hall–Kier alpha value is -1.86. The second-order valence-corrected chi connectivity index (χ2v) is 6.08. The topological polar surface area (TPSA) is 55.4 Å². The summed E-state index contributed by atoms with van der Waals surface area (Å²) >= 11 is 2.34. The number of hydrogen-bond donors (Lipinski definition) is 1. The summed E-state index contributed by atoms with van der Waals surface area (Å²) in [6.45, 7) is 1.98. The number of nitrogens with one attached hydrogen (secondary N) is 1. The van der Waals surface area contributed by atoms with Crippen molar-refractivity contribution in [1.82, 2.24) is 0 Å². The van der Waals surface area contributed by atoms with E-state index in [1.807, 2.05) is 0 Å². The Bertz CT molecular complexity index is 672. The molecule has 1 aromatic carbocycles. The third kappa shape index (κ3) is 4.32. The van der Waals surface area contributed by atoms with E-state index < -0.39 is 5.97 Å². The Morgan fingerprint density at radius 3 is 2.82 bits per heavy atom. The van der Waals surface area contributed by atoms with E-state index in [2.05, 4.69) is 5.32 Å². The second kappa shape index (κ2) is 7.95. The van der Waals surface area contributed by atoms with Crippen LogP contribution >= 0.6 is 23.1 Å². The molecule has 0 saturated carbocycles. The van der Waals surface area contributed by atoms with Crippen LogP contribution in [0.4, 0.5) is 9.39 Å². The summed E-state index contributed by atoms with van der Waals surface area (Å²) in [7, 11) is 0. The molecule has 2 rings (SSSR count). The summed E-state index contributed by atoms with van der Waals surface area (Å²) in [5.74, 6) is -1.08. The van der Waals surface area contributed by atoms with Crippen molar-refractivity contribution in [2.24, 2.45) is 0 Å². The number of halogens is 1. The van der Waals surface area contributed by atoms with E-state index in [4.69, 9.17) is 4.74 Å². The quantitative estimate of drug-likeness (QED) is 0.642. The van der Waals surface area contributed by atoms with Gasteiger partial charge in [0.1, 0.15) is 10.8 Å². The summed E-state index contributed by atoms with van der Waals surface area (Å²) in [6.07, 6.45) is 0. The zero-order valence-corrected chi connectivity index (χ0v) is 13.4. The lowest BCUT2D eigenvalue weighted by Gasteiger charge is -2.06. The third-order valence-corrected chi connectivity index (χ3v) is 4.49. The van der Waals surface area contributed by atoms with E-state index >= 15 is 0 Å². The number of anilines is 1. The number of carbonyl (C=O) groups excluding carboxylic acids is 2. The number of esters is 1. The fraction of sp³-hybridized carbons (Fsp3) is 0.200. The lowest BCUT2D eigenvalue weighted by Crippen LogP contribution is -2.16. The van der Waals surface area contributed by atoms with Crippen LogP contribution in [0.5, 0.6) is 0 Å². The predicted molar refractivity (Wildman–Crippen MR) is 86.0 cm³/mol. The SMILES string of the molecule is CCOC(=O)c1ccsc1NC(=O)CSc1ccccc1F. The molecule has 7 heteroatoms. The van der Waals surface area contributed by atoms with Crippen LogP contribution in [0.25, 0.3) is 0 Å². The lowest BCUT2D eigenvalue weighted by molar-refractivity contribution is -0.113. The van der Waals surface area contributed by atoms with E-state index in [-0.39, 0.29) is 24.1 Å². The molecule has 0 fully saturated rings. The molecule has 2 aromatic rings. The smallest absolute Gasteiger partial charge is 0.341 e. The summed E-state index contributed by atoms with van der Waals surface area (Å²) in [6, 6.07) is 7.86. The molecule has 22 heavy (non-hydrogen) atoms. The normalized spacial score (nSPS) is 10.3. The van der Waals surface area contributed by atoms with Gasteiger partial charge in [0.05, 0.1) is 17.9 Å². The van der Waals surface area contributed by atoms with E-state index in [0.29, 0.717) is 15.5 Å². The molecule has 0 radical (unpaired) electrons. The zero-order chi connectivity index (χ0) is 15.9. The number of thioether (sulfide) groups is 1. The van der Waals surface area contributed by atoms with Crippen LogP contribution in [-0.2, 0) is 9.53 Å². The number of benzene rings is 1. The summed E-state index contributed by atoms with van der Waals surface area (Å²) < 4.78 is 18.4. The Morgan fingerprint density at radius 2 is 2.09 bits per heavy atom. The highest BCUT2D eigenvalue weighted by Gasteiger charge is 2.16. The molecule has 0 aliphatic rings. The molecule has 1 amide bonds. The minimum Gasteiger partial charge on any atom is -0.462 e. The van der Waals surface area contributed by atoms with Crippen molar-refractivity contribution in [2.45, 2.75) is 11.8 Å². The molecular weight excluding hydrogens is 325 g/mol. The van der Waals surface area contributed by atoms with Crippen LogP contribution in [0.3, 0.4) is 0 Å². The van der Waals surface area contributed by atoms with Crippen LogP contribution in [-0.4, -0.2) is 24.2 Å². The second-order valence-electron chi connectivity index (χ2n) is 4.15. The van der Waals surface area contributed by atoms with Gasteiger partial charge in [0.2, 0.25) is 5.91 Å². The predicted octanol–water partition coefficient (Wildman–Crippen LogP) is 3.79. The van der Waals surface area contributed by atoms with E-state index in [0.717, 1.165) is 11.8 Å². The molecule has 0 spiro atoms. The lowest BCUT2D eigenvalue weighted by atomic mass is 10.3. The number of hydrogen-bond acceptors (Lipinski definition) is 5. The first-order chi connectivity index (χ1) is 10.6. The molecule has 0 unspecified atom stereocenters. The molecule has 116 valence electrons. The first kappa shape index (κ1) is 16.5. The van der Waals surface area contributed by atoms with Gasteiger partial charge in [-0.1, -0.05) is 12.1 Å². The maximum Gasteiger partial charge on any atom is 0.341 e. The maximum atomic E-state index is 13.5. The highest BCUT2D eigenvalue weighted by atomic mass is 32.2. The fourth-order valence-electron chi connectivity index (χ4n) is 1.64. The fourth-order valence-corrected chi connectivity index (χ4v) is 3.17. The number of ether oxygens (including phenoxy) is 1. The zero-order valence-electron chi connectivity index (χ0n) is 11.8. The largest absolute Gasteiger partial charge is 0.462 e. The minimum absolute atomic E-state index is 0.0566. The van der Waals surface area contributed by atoms with E-state index in [1.54, 1.807) is 36.6 Å². The van der Waals surface area contributed by atoms with Crippen LogP contribution in [0.2, 0.25) is 0 Å². The molecule has 1 N–H and O–H groups in total. The molecule has 0 bridgehead atoms. The summed E-state index contributed by atoms with van der Waals surface area (Å²) in [4.78, 5) is 24.0. The first-order valence-corrected chi connectivity index (χ1v) is 8.40. The number of amides is 1. The van der Waals surface area contributed by atoms with E-state index in [9.17, 15) is 14.0 Å². The van der Waals surface area contributed by atoms with Crippen molar-refractivity contribution in [3.05, 3.63) is 47.1 Å². The van der Waals surface area contributed by atoms with Gasteiger partial charge in [0.15, 0.2) is 0 Å². The van der Waals surface area contributed by atoms with Crippen molar-refractivity contribution < 1.29 is 18.7 Å². The standard InChI is InChI=1S/C15H14FNO3S2/c1-2-20-15(19)10-7-8-21-14(10)17-13(18)9-22-12-6-4-3-5-11(12)16/h3-8H,2,9H2,1H3,(H,17,18). The molecular formula is C15H14FNO3S2. The van der Waals surface area contributed by atoms with Crippen molar-refractivity contribution in [2.75, 3.05) is 17.7 Å². The average Bonchev–Trinajstić information content (AvgIpc) is 2.95. The van der Waals surface area contributed by atoms with Crippen molar-refractivity contribution in [3.63, 3.8) is 0 Å². The molecule has 0 atom stereocenters. The Morgan fingerprint density at radius 1 is 1.32 bits per heavy atom. The molecule has 0 aliphatic carbocycles. The first-order valence-electron chi connectivity index (χ1n) is 6.53. The van der Waals surface area contributed by atoms with Gasteiger partial charge in [-0.15, -0.1) is 23.1 Å². The Kier molecular flexibility index (Phi) is 5.97. The van der Waals surface area contributed by atoms with Crippen LogP contribution in [0.15, 0.2) is 40.6 Å². The Labute approximate surface area is 135 Å². The van der Waals surface area contributed by atoms with Gasteiger partial charge in [-0.2, -0.15) is 0 Å². The molecule has 4 nitrogen and oxygen atoms in total. The van der Waals surface area contributed by atoms with Gasteiger partial charge in [-0.3, -0.25) is 4.79 Å². The minimum atomic E-state index is -0.471. The summed E-state index contributed by atoms with van der Waals surface area (Å²) in [5.41, 5.74) is 0.330. The molecule has 0 saturated heterocycles. The number of thiophene rings is 1. The van der Waals surface area contributed by atoms with Crippen LogP contribution in [0, 0.1) is 5.82 Å². The van der Waals surface area contributed by atoms with Crippen LogP contribution in [0.1, 0.15) is 17.3 Å². The van der Waals surface area contributed by atoms with Gasteiger partial charge < -0.3 is 10.1 Å². The van der Waals surface area contributed by atoms with Crippen molar-refractivity contribution in [1.29, 1.82) is 0 Å². The highest BCUT2D eigenvalue weighted by Crippen LogP contribution is 2.25. The average molecular weight is 339 g/mol. The summed E-state index contributed by atoms with van der Waals surface area (Å²) in [5, 5.41) is 4.80. The van der Waals surface area contributed by atoms with Crippen LogP contribution < -0.4 is 5.32 Å². The number of carbonyl (C=O) groups is 2. The Balaban J connectivity index is 1.94. The molecule has 1 heterocycles. The molecule has 0 aliphatic heterocycles. The maximum absolute atomic E-state index is 13.5. The van der Waals surface area contributed by atoms with Gasteiger partial charge in [-0.05, 0) is 30.5 Å². The highest BCUT2D eigenvalue weighted by molar-refractivity contribution is 8.00. The van der Waals surface area contributed by atoms with Gasteiger partial charge in [0.25, 0.3) is 0 Å². The van der Waals surface area contributed by atoms with Gasteiger partial charge in [0, 0.05) is 4.90 Å². The van der Waals surface area contributed by atoms with Gasteiger partial charge in [-0.25, -0.2) is 9.18 Å². The van der Waals surface area contributed by atoms with Gasteiger partial charge >= 0.3 is 5.97 Å². The monoisotopic (exact) mass is 339 g/mol. The van der Waals surface area contributed by atoms with Crippen molar-refractivity contribution in [3.8, 4) is 0 Å². The van der Waals surface area contributed by atoms with E-state index in [1.165, 1.54) is 17.4 Å². The number of rotatable bonds is 6.